The maximum absolute atomic E-state index is 9.08. The monoisotopic (exact) mass is 284 g/mol. The lowest BCUT2D eigenvalue weighted by Gasteiger charge is -2.22. The Bertz CT molecular complexity index is 368. The van der Waals surface area contributed by atoms with Crippen LogP contribution in [0, 0.1) is 11.3 Å². The summed E-state index contributed by atoms with van der Waals surface area (Å²) in [7, 11) is 0. The molecule has 1 unspecified atom stereocenters. The molecule has 0 bridgehead atoms. The van der Waals surface area contributed by atoms with E-state index >= 15 is 0 Å². The van der Waals surface area contributed by atoms with Crippen LogP contribution in [0.25, 0.3) is 0 Å². The molecule has 0 amide bonds. The van der Waals surface area contributed by atoms with E-state index in [0.29, 0.717) is 0 Å². The third-order valence-electron chi connectivity index (χ3n) is 2.48. The largest absolute Gasteiger partial charge is 0.300 e. The van der Waals surface area contributed by atoms with E-state index in [4.69, 9.17) is 5.26 Å². The molecule has 1 rings (SSSR count). The number of aromatic nitrogens is 2. The molecule has 1 N–H and O–H groups in total. The molecule has 88 valence electrons. The SMILES string of the molecule is CCNC(C)(C#N)CCCn1cc(Br)cn1. The first-order valence-corrected chi connectivity index (χ1v) is 6.23. The molecule has 0 saturated carbocycles. The number of hydrogen-bond acceptors (Lipinski definition) is 3. The maximum Gasteiger partial charge on any atom is 0.103 e. The summed E-state index contributed by atoms with van der Waals surface area (Å²) in [4.78, 5) is 0. The van der Waals surface area contributed by atoms with Gasteiger partial charge in [-0.2, -0.15) is 10.4 Å². The molecule has 0 fully saturated rings. The third-order valence-corrected chi connectivity index (χ3v) is 2.89. The molecule has 1 heterocycles. The van der Waals surface area contributed by atoms with E-state index in [1.165, 1.54) is 0 Å². The fourth-order valence-corrected chi connectivity index (χ4v) is 1.96. The molecule has 1 aromatic rings. The van der Waals surface area contributed by atoms with Crippen LogP contribution in [-0.2, 0) is 6.54 Å². The van der Waals surface area contributed by atoms with Gasteiger partial charge in [-0.15, -0.1) is 0 Å². The van der Waals surface area contributed by atoms with Crippen LogP contribution in [0.15, 0.2) is 16.9 Å². The molecule has 5 heteroatoms. The lowest BCUT2D eigenvalue weighted by molar-refractivity contribution is 0.397. The number of rotatable bonds is 6. The van der Waals surface area contributed by atoms with Crippen LogP contribution < -0.4 is 5.32 Å². The first-order valence-electron chi connectivity index (χ1n) is 5.44. The number of nitriles is 1. The summed E-state index contributed by atoms with van der Waals surface area (Å²) in [5, 5.41) is 16.4. The Morgan fingerprint density at radius 3 is 2.94 bits per heavy atom. The van der Waals surface area contributed by atoms with Crippen LogP contribution in [0.4, 0.5) is 0 Å². The first kappa shape index (κ1) is 13.2. The molecule has 0 saturated heterocycles. The highest BCUT2D eigenvalue weighted by atomic mass is 79.9. The zero-order valence-corrected chi connectivity index (χ0v) is 11.3. The predicted molar refractivity (Wildman–Crippen MR) is 66.9 cm³/mol. The van der Waals surface area contributed by atoms with Gasteiger partial charge in [0.15, 0.2) is 0 Å². The molecule has 16 heavy (non-hydrogen) atoms. The smallest absolute Gasteiger partial charge is 0.103 e. The fraction of sp³-hybridized carbons (Fsp3) is 0.636. The van der Waals surface area contributed by atoms with Gasteiger partial charge < -0.3 is 0 Å². The summed E-state index contributed by atoms with van der Waals surface area (Å²) >= 11 is 3.35. The van der Waals surface area contributed by atoms with Crippen molar-refractivity contribution in [2.75, 3.05) is 6.54 Å². The third kappa shape index (κ3) is 3.95. The van der Waals surface area contributed by atoms with Crippen molar-refractivity contribution >= 4 is 15.9 Å². The van der Waals surface area contributed by atoms with Gasteiger partial charge in [0.2, 0.25) is 0 Å². The van der Waals surface area contributed by atoms with E-state index in [1.807, 2.05) is 24.7 Å². The van der Waals surface area contributed by atoms with E-state index < -0.39 is 5.54 Å². The highest BCUT2D eigenvalue weighted by Gasteiger charge is 2.21. The molecule has 0 spiro atoms. The molecule has 1 atom stereocenters. The van der Waals surface area contributed by atoms with Gasteiger partial charge in [0.1, 0.15) is 5.54 Å². The van der Waals surface area contributed by atoms with E-state index in [0.717, 1.165) is 30.4 Å². The normalized spacial score (nSPS) is 14.4. The van der Waals surface area contributed by atoms with Crippen molar-refractivity contribution < 1.29 is 0 Å². The number of nitrogens with one attached hydrogen (secondary N) is 1. The first-order chi connectivity index (χ1) is 7.59. The van der Waals surface area contributed by atoms with Gasteiger partial charge in [-0.05, 0) is 42.2 Å². The highest BCUT2D eigenvalue weighted by molar-refractivity contribution is 9.10. The van der Waals surface area contributed by atoms with Crippen LogP contribution >= 0.6 is 15.9 Å². The summed E-state index contributed by atoms with van der Waals surface area (Å²) in [6, 6.07) is 2.32. The van der Waals surface area contributed by atoms with Gasteiger partial charge in [0.05, 0.1) is 16.7 Å². The zero-order valence-electron chi connectivity index (χ0n) is 9.70. The average Bonchev–Trinajstić information content (AvgIpc) is 2.65. The Labute approximate surface area is 105 Å². The lowest BCUT2D eigenvalue weighted by Crippen LogP contribution is -2.40. The van der Waals surface area contributed by atoms with Crippen molar-refractivity contribution in [3.8, 4) is 6.07 Å². The van der Waals surface area contributed by atoms with Gasteiger partial charge in [-0.25, -0.2) is 0 Å². The predicted octanol–water partition coefficient (Wildman–Crippen LogP) is 2.32. The number of aryl methyl sites for hydroxylation is 1. The molecule has 0 aromatic carbocycles. The van der Waals surface area contributed by atoms with Gasteiger partial charge >= 0.3 is 0 Å². The molecule has 4 nitrogen and oxygen atoms in total. The van der Waals surface area contributed by atoms with E-state index in [2.05, 4.69) is 32.4 Å². The summed E-state index contributed by atoms with van der Waals surface area (Å²) in [5.41, 5.74) is -0.418. The van der Waals surface area contributed by atoms with Gasteiger partial charge in [-0.3, -0.25) is 10.00 Å². The fourth-order valence-electron chi connectivity index (χ4n) is 1.63. The Balaban J connectivity index is 2.37. The van der Waals surface area contributed by atoms with Crippen LogP contribution in [0.3, 0.4) is 0 Å². The molecule has 0 aliphatic rings. The zero-order chi connectivity index (χ0) is 12.0. The summed E-state index contributed by atoms with van der Waals surface area (Å²) in [6.45, 7) is 5.61. The summed E-state index contributed by atoms with van der Waals surface area (Å²) in [5.74, 6) is 0. The van der Waals surface area contributed by atoms with Crippen LogP contribution in [0.5, 0.6) is 0 Å². The molecule has 0 aliphatic heterocycles. The summed E-state index contributed by atoms with van der Waals surface area (Å²) in [6.07, 6.45) is 5.48. The molecule has 1 aromatic heterocycles. The maximum atomic E-state index is 9.08. The van der Waals surface area contributed by atoms with Gasteiger partial charge in [0.25, 0.3) is 0 Å². The van der Waals surface area contributed by atoms with E-state index in [-0.39, 0.29) is 0 Å². The second-order valence-electron chi connectivity index (χ2n) is 4.00. The second-order valence-corrected chi connectivity index (χ2v) is 4.92. The van der Waals surface area contributed by atoms with Crippen molar-refractivity contribution in [3.05, 3.63) is 16.9 Å². The van der Waals surface area contributed by atoms with Gasteiger partial charge in [-0.1, -0.05) is 6.92 Å². The molecule has 0 aliphatic carbocycles. The van der Waals surface area contributed by atoms with Crippen molar-refractivity contribution in [2.24, 2.45) is 0 Å². The van der Waals surface area contributed by atoms with Crippen molar-refractivity contribution in [1.29, 1.82) is 5.26 Å². The Kier molecular flexibility index (Phi) is 4.97. The number of hydrogen-bond donors (Lipinski definition) is 1. The summed E-state index contributed by atoms with van der Waals surface area (Å²) < 4.78 is 2.87. The van der Waals surface area contributed by atoms with Crippen LogP contribution in [-0.4, -0.2) is 21.9 Å². The Hall–Kier alpha value is -0.860. The van der Waals surface area contributed by atoms with Gasteiger partial charge in [0, 0.05) is 12.7 Å². The van der Waals surface area contributed by atoms with Crippen LogP contribution in [0.2, 0.25) is 0 Å². The van der Waals surface area contributed by atoms with Crippen molar-refractivity contribution in [2.45, 2.75) is 38.8 Å². The highest BCUT2D eigenvalue weighted by Crippen LogP contribution is 2.13. The van der Waals surface area contributed by atoms with Crippen molar-refractivity contribution in [3.63, 3.8) is 0 Å². The Morgan fingerprint density at radius 2 is 2.44 bits per heavy atom. The minimum Gasteiger partial charge on any atom is -0.300 e. The standard InChI is InChI=1S/C11H17BrN4/c1-3-14-11(2,9-13)5-4-6-16-8-10(12)7-15-16/h7-8,14H,3-6H2,1-2H3. The molecular formula is C11H17BrN4. The Morgan fingerprint density at radius 1 is 1.69 bits per heavy atom. The quantitative estimate of drug-likeness (QED) is 0.872. The number of halogens is 1. The topological polar surface area (TPSA) is 53.6 Å². The van der Waals surface area contributed by atoms with Crippen LogP contribution in [0.1, 0.15) is 26.7 Å². The molecule has 0 radical (unpaired) electrons. The number of nitrogens with zero attached hydrogens (tertiary/aromatic N) is 3. The van der Waals surface area contributed by atoms with E-state index in [1.54, 1.807) is 6.20 Å². The molecular weight excluding hydrogens is 268 g/mol. The minimum atomic E-state index is -0.418. The lowest BCUT2D eigenvalue weighted by atomic mass is 9.98. The minimum absolute atomic E-state index is 0.418. The van der Waals surface area contributed by atoms with E-state index in [9.17, 15) is 0 Å². The second kappa shape index (κ2) is 6.02. The van der Waals surface area contributed by atoms with Crippen molar-refractivity contribution in [1.82, 2.24) is 15.1 Å². The average molecular weight is 285 g/mol.